The van der Waals surface area contributed by atoms with Gasteiger partial charge >= 0.3 is 0 Å². The fourth-order valence-electron chi connectivity index (χ4n) is 4.18. The maximum atomic E-state index is 12.9. The Morgan fingerprint density at radius 2 is 1.72 bits per heavy atom. The van der Waals surface area contributed by atoms with E-state index in [2.05, 4.69) is 43.0 Å². The lowest BCUT2D eigenvalue weighted by atomic mass is 9.86. The molecule has 32 heavy (non-hydrogen) atoms. The lowest BCUT2D eigenvalue weighted by Crippen LogP contribution is -2.38. The quantitative estimate of drug-likeness (QED) is 0.591. The monoisotopic (exact) mass is 433 g/mol. The normalized spacial score (nSPS) is 16.4. The van der Waals surface area contributed by atoms with E-state index < -0.39 is 0 Å². The number of fused-ring (bicyclic) bond motifs is 1. The van der Waals surface area contributed by atoms with Crippen LogP contribution in [0.1, 0.15) is 61.3 Å². The summed E-state index contributed by atoms with van der Waals surface area (Å²) in [6.07, 6.45) is 1.60. The second-order valence-corrected chi connectivity index (χ2v) is 9.42. The van der Waals surface area contributed by atoms with Crippen molar-refractivity contribution in [3.8, 4) is 22.9 Å². The summed E-state index contributed by atoms with van der Waals surface area (Å²) < 4.78 is 16.4. The number of carbonyl (C=O) groups excluding carboxylic acids is 1. The lowest BCUT2D eigenvalue weighted by molar-refractivity contribution is 0.0704. The third-order valence-corrected chi connectivity index (χ3v) is 6.20. The number of hydrogen-bond acceptors (Lipinski definition) is 6. The number of nitrogens with zero attached hydrogens (tertiary/aromatic N) is 3. The summed E-state index contributed by atoms with van der Waals surface area (Å²) >= 11 is 0. The SMILES string of the molecule is CC(C)(C)c1ccc(C(=O)N2CCC(c3nc(-c4ccc5c(c4)OCO5)no3)CC2)cc1. The van der Waals surface area contributed by atoms with Crippen LogP contribution in [0.2, 0.25) is 0 Å². The van der Waals surface area contributed by atoms with E-state index in [-0.39, 0.29) is 24.0 Å². The molecule has 0 bridgehead atoms. The molecular weight excluding hydrogens is 406 g/mol. The van der Waals surface area contributed by atoms with Gasteiger partial charge in [0, 0.05) is 30.1 Å². The number of benzene rings is 2. The molecule has 0 radical (unpaired) electrons. The van der Waals surface area contributed by atoms with Crippen molar-refractivity contribution in [3.05, 3.63) is 59.5 Å². The van der Waals surface area contributed by atoms with Crippen LogP contribution >= 0.6 is 0 Å². The van der Waals surface area contributed by atoms with Gasteiger partial charge in [-0.25, -0.2) is 0 Å². The van der Waals surface area contributed by atoms with Gasteiger partial charge in [-0.1, -0.05) is 38.1 Å². The molecule has 0 aliphatic carbocycles. The smallest absolute Gasteiger partial charge is 0.253 e. The van der Waals surface area contributed by atoms with Gasteiger partial charge in [-0.3, -0.25) is 4.79 Å². The van der Waals surface area contributed by atoms with Crippen molar-refractivity contribution in [2.24, 2.45) is 0 Å². The van der Waals surface area contributed by atoms with Crippen LogP contribution in [-0.2, 0) is 5.41 Å². The van der Waals surface area contributed by atoms with Crippen molar-refractivity contribution in [1.29, 1.82) is 0 Å². The van der Waals surface area contributed by atoms with E-state index in [9.17, 15) is 4.79 Å². The van der Waals surface area contributed by atoms with Gasteiger partial charge in [0.25, 0.3) is 5.91 Å². The average molecular weight is 434 g/mol. The fraction of sp³-hybridized carbons (Fsp3) is 0.400. The molecule has 3 aromatic rings. The van der Waals surface area contributed by atoms with Crippen molar-refractivity contribution in [2.45, 2.75) is 44.9 Å². The van der Waals surface area contributed by atoms with Gasteiger partial charge in [0.15, 0.2) is 11.5 Å². The Balaban J connectivity index is 1.22. The van der Waals surface area contributed by atoms with Crippen molar-refractivity contribution in [2.75, 3.05) is 19.9 Å². The maximum absolute atomic E-state index is 12.9. The Labute approximate surface area is 187 Å². The minimum absolute atomic E-state index is 0.0729. The Morgan fingerprint density at radius 1 is 1.00 bits per heavy atom. The first-order valence-electron chi connectivity index (χ1n) is 11.0. The summed E-state index contributed by atoms with van der Waals surface area (Å²) in [6.45, 7) is 8.09. The summed E-state index contributed by atoms with van der Waals surface area (Å²) in [7, 11) is 0. The predicted molar refractivity (Wildman–Crippen MR) is 119 cm³/mol. The molecule has 0 N–H and O–H groups in total. The van der Waals surface area contributed by atoms with Crippen molar-refractivity contribution in [1.82, 2.24) is 15.0 Å². The van der Waals surface area contributed by atoms with Crippen LogP contribution in [0.5, 0.6) is 11.5 Å². The molecular formula is C25H27N3O4. The van der Waals surface area contributed by atoms with Gasteiger partial charge in [-0.15, -0.1) is 0 Å². The van der Waals surface area contributed by atoms with E-state index in [1.54, 1.807) is 0 Å². The molecule has 2 aliphatic rings. The molecule has 7 heteroatoms. The van der Waals surface area contributed by atoms with E-state index in [1.807, 2.05) is 35.2 Å². The zero-order chi connectivity index (χ0) is 22.3. The van der Waals surface area contributed by atoms with Crippen molar-refractivity contribution >= 4 is 5.91 Å². The van der Waals surface area contributed by atoms with Crippen LogP contribution in [0.15, 0.2) is 47.0 Å². The zero-order valence-electron chi connectivity index (χ0n) is 18.6. The Bertz CT molecular complexity index is 1120. The van der Waals surface area contributed by atoms with Crippen molar-refractivity contribution in [3.63, 3.8) is 0 Å². The molecule has 3 heterocycles. The largest absolute Gasteiger partial charge is 0.454 e. The standard InChI is InChI=1S/C25H27N3O4/c1-25(2,3)19-7-4-17(5-8-19)24(29)28-12-10-16(11-13-28)23-26-22(27-32-23)18-6-9-20-21(14-18)31-15-30-20/h4-9,14,16H,10-13,15H2,1-3H3. The Hall–Kier alpha value is -3.35. The molecule has 1 aromatic heterocycles. The third-order valence-electron chi connectivity index (χ3n) is 6.20. The first-order chi connectivity index (χ1) is 15.4. The highest BCUT2D eigenvalue weighted by atomic mass is 16.7. The molecule has 1 saturated heterocycles. The summed E-state index contributed by atoms with van der Waals surface area (Å²) in [5.74, 6) is 2.81. The zero-order valence-corrected chi connectivity index (χ0v) is 18.6. The topological polar surface area (TPSA) is 77.7 Å². The first kappa shape index (κ1) is 20.5. The van der Waals surface area contributed by atoms with Crippen LogP contribution < -0.4 is 9.47 Å². The molecule has 1 amide bonds. The van der Waals surface area contributed by atoms with Gasteiger partial charge in [-0.05, 0) is 54.2 Å². The molecule has 0 unspecified atom stereocenters. The minimum Gasteiger partial charge on any atom is -0.454 e. The second kappa shape index (κ2) is 7.97. The number of ether oxygens (including phenoxy) is 2. The van der Waals surface area contributed by atoms with E-state index >= 15 is 0 Å². The Kier molecular flexibility index (Phi) is 5.12. The highest BCUT2D eigenvalue weighted by molar-refractivity contribution is 5.94. The number of likely N-dealkylation sites (tertiary alicyclic amines) is 1. The average Bonchev–Trinajstić information content (AvgIpc) is 3.47. The molecule has 0 spiro atoms. The fourth-order valence-corrected chi connectivity index (χ4v) is 4.18. The van der Waals surface area contributed by atoms with E-state index in [0.717, 1.165) is 29.7 Å². The summed E-state index contributed by atoms with van der Waals surface area (Å²) in [5, 5.41) is 4.15. The van der Waals surface area contributed by atoms with Crippen LogP contribution in [-0.4, -0.2) is 40.8 Å². The van der Waals surface area contributed by atoms with Gasteiger partial charge < -0.3 is 18.9 Å². The number of carbonyl (C=O) groups is 1. The van der Waals surface area contributed by atoms with Crippen LogP contribution in [0, 0.1) is 0 Å². The lowest BCUT2D eigenvalue weighted by Gasteiger charge is -2.30. The summed E-state index contributed by atoms with van der Waals surface area (Å²) in [5.41, 5.74) is 2.86. The molecule has 2 aliphatic heterocycles. The number of rotatable bonds is 3. The number of aromatic nitrogens is 2. The predicted octanol–water partition coefficient (Wildman–Crippen LogP) is 4.78. The second-order valence-electron chi connectivity index (χ2n) is 9.42. The molecule has 0 saturated carbocycles. The van der Waals surface area contributed by atoms with E-state index in [1.165, 1.54) is 5.56 Å². The molecule has 1 fully saturated rings. The highest BCUT2D eigenvalue weighted by Crippen LogP contribution is 2.36. The highest BCUT2D eigenvalue weighted by Gasteiger charge is 2.28. The first-order valence-corrected chi connectivity index (χ1v) is 11.0. The van der Waals surface area contributed by atoms with E-state index in [4.69, 9.17) is 14.0 Å². The summed E-state index contributed by atoms with van der Waals surface area (Å²) in [4.78, 5) is 19.5. The molecule has 5 rings (SSSR count). The van der Waals surface area contributed by atoms with Crippen LogP contribution in [0.25, 0.3) is 11.4 Å². The number of hydrogen-bond donors (Lipinski definition) is 0. The van der Waals surface area contributed by atoms with Gasteiger partial charge in [0.2, 0.25) is 18.5 Å². The summed E-state index contributed by atoms with van der Waals surface area (Å²) in [6, 6.07) is 13.6. The van der Waals surface area contributed by atoms with Gasteiger partial charge in [0.1, 0.15) is 0 Å². The van der Waals surface area contributed by atoms with Crippen LogP contribution in [0.3, 0.4) is 0 Å². The minimum atomic E-state index is 0.0729. The van der Waals surface area contributed by atoms with Crippen molar-refractivity contribution < 1.29 is 18.8 Å². The van der Waals surface area contributed by atoms with Gasteiger partial charge in [-0.2, -0.15) is 4.98 Å². The molecule has 0 atom stereocenters. The number of amides is 1. The van der Waals surface area contributed by atoms with Crippen LogP contribution in [0.4, 0.5) is 0 Å². The molecule has 7 nitrogen and oxygen atoms in total. The molecule has 2 aromatic carbocycles. The maximum Gasteiger partial charge on any atom is 0.253 e. The third kappa shape index (κ3) is 3.95. The molecule has 166 valence electrons. The van der Waals surface area contributed by atoms with E-state index in [0.29, 0.717) is 30.6 Å². The number of piperidine rings is 1. The Morgan fingerprint density at radius 3 is 2.44 bits per heavy atom. The van der Waals surface area contributed by atoms with Gasteiger partial charge in [0.05, 0.1) is 0 Å².